The molecule has 4 nitrogen and oxygen atoms in total. The lowest BCUT2D eigenvalue weighted by atomic mass is 10.1. The fourth-order valence-corrected chi connectivity index (χ4v) is 2.10. The van der Waals surface area contributed by atoms with E-state index in [0.717, 1.165) is 26.1 Å². The van der Waals surface area contributed by atoms with Gasteiger partial charge in [0.1, 0.15) is 0 Å². The highest BCUT2D eigenvalue weighted by Gasteiger charge is 2.23. The third kappa shape index (κ3) is 4.64. The molecule has 4 heteroatoms. The maximum atomic E-state index is 11.9. The normalized spacial score (nSPS) is 22.1. The zero-order chi connectivity index (χ0) is 12.8. The fourth-order valence-electron chi connectivity index (χ4n) is 2.10. The maximum Gasteiger partial charge on any atom is 0.234 e. The number of nitrogens with one attached hydrogen (secondary N) is 2. The lowest BCUT2D eigenvalue weighted by Crippen LogP contribution is -2.46. The fraction of sp³-hybridized carbons (Fsp3) is 0.923. The van der Waals surface area contributed by atoms with Crippen LogP contribution >= 0.6 is 0 Å². The first-order valence-corrected chi connectivity index (χ1v) is 6.78. The molecule has 2 unspecified atom stereocenters. The van der Waals surface area contributed by atoms with E-state index in [1.165, 1.54) is 0 Å². The van der Waals surface area contributed by atoms with Gasteiger partial charge in [-0.05, 0) is 32.4 Å². The summed E-state index contributed by atoms with van der Waals surface area (Å²) in [6.45, 7) is 12.0. The number of hydrogen-bond donors (Lipinski definition) is 2. The van der Waals surface area contributed by atoms with Crippen molar-refractivity contribution in [2.24, 2.45) is 5.92 Å². The van der Waals surface area contributed by atoms with Crippen molar-refractivity contribution in [3.63, 3.8) is 0 Å². The van der Waals surface area contributed by atoms with Gasteiger partial charge in [0.25, 0.3) is 0 Å². The highest BCUT2D eigenvalue weighted by Crippen LogP contribution is 2.08. The van der Waals surface area contributed by atoms with Crippen molar-refractivity contribution in [2.45, 2.75) is 46.2 Å². The van der Waals surface area contributed by atoms with E-state index in [1.54, 1.807) is 0 Å². The molecule has 0 aromatic carbocycles. The molecule has 1 saturated heterocycles. The molecular formula is C13H27N3O. The van der Waals surface area contributed by atoms with Gasteiger partial charge in [-0.3, -0.25) is 9.69 Å². The highest BCUT2D eigenvalue weighted by atomic mass is 16.2. The lowest BCUT2D eigenvalue weighted by Gasteiger charge is -2.27. The van der Waals surface area contributed by atoms with Gasteiger partial charge in [0, 0.05) is 18.6 Å². The second-order valence-corrected chi connectivity index (χ2v) is 5.31. The SMILES string of the molecule is CCN(CC(=O)NC(C)C(C)C)C1CCNC1. The molecule has 2 N–H and O–H groups in total. The van der Waals surface area contributed by atoms with Gasteiger partial charge in [0.2, 0.25) is 5.91 Å². The molecule has 2 atom stereocenters. The summed E-state index contributed by atoms with van der Waals surface area (Å²) >= 11 is 0. The van der Waals surface area contributed by atoms with E-state index in [4.69, 9.17) is 0 Å². The minimum absolute atomic E-state index is 0.153. The van der Waals surface area contributed by atoms with Crippen LogP contribution in [-0.2, 0) is 4.79 Å². The van der Waals surface area contributed by atoms with Gasteiger partial charge in [0.15, 0.2) is 0 Å². The molecule has 0 spiro atoms. The van der Waals surface area contributed by atoms with Gasteiger partial charge in [-0.2, -0.15) is 0 Å². The zero-order valence-corrected chi connectivity index (χ0v) is 11.6. The number of nitrogens with zero attached hydrogens (tertiary/aromatic N) is 1. The van der Waals surface area contributed by atoms with Crippen LogP contribution < -0.4 is 10.6 Å². The summed E-state index contributed by atoms with van der Waals surface area (Å²) in [5, 5.41) is 6.41. The summed E-state index contributed by atoms with van der Waals surface area (Å²) < 4.78 is 0. The van der Waals surface area contributed by atoms with E-state index >= 15 is 0 Å². The first-order chi connectivity index (χ1) is 8.04. The number of hydrogen-bond acceptors (Lipinski definition) is 3. The number of carbonyl (C=O) groups excluding carboxylic acids is 1. The van der Waals surface area contributed by atoms with Crippen LogP contribution in [0.25, 0.3) is 0 Å². The Morgan fingerprint density at radius 1 is 1.47 bits per heavy atom. The smallest absolute Gasteiger partial charge is 0.234 e. The molecule has 100 valence electrons. The number of rotatable bonds is 6. The number of carbonyl (C=O) groups is 1. The van der Waals surface area contributed by atoms with Crippen LogP contribution in [-0.4, -0.2) is 49.1 Å². The topological polar surface area (TPSA) is 44.4 Å². The first kappa shape index (κ1) is 14.5. The van der Waals surface area contributed by atoms with Gasteiger partial charge in [-0.1, -0.05) is 20.8 Å². The molecule has 1 rings (SSSR count). The maximum absolute atomic E-state index is 11.9. The highest BCUT2D eigenvalue weighted by molar-refractivity contribution is 5.78. The van der Waals surface area contributed by atoms with Crippen LogP contribution in [0.4, 0.5) is 0 Å². The zero-order valence-electron chi connectivity index (χ0n) is 11.6. The third-order valence-electron chi connectivity index (χ3n) is 3.69. The lowest BCUT2D eigenvalue weighted by molar-refractivity contribution is -0.123. The second-order valence-electron chi connectivity index (χ2n) is 5.31. The van der Waals surface area contributed by atoms with Crippen LogP contribution in [0, 0.1) is 5.92 Å². The first-order valence-electron chi connectivity index (χ1n) is 6.78. The summed E-state index contributed by atoms with van der Waals surface area (Å²) in [4.78, 5) is 14.2. The molecule has 0 saturated carbocycles. The van der Waals surface area contributed by atoms with Gasteiger partial charge in [0.05, 0.1) is 6.54 Å². The van der Waals surface area contributed by atoms with Crippen molar-refractivity contribution >= 4 is 5.91 Å². The van der Waals surface area contributed by atoms with Gasteiger partial charge < -0.3 is 10.6 Å². The molecule has 0 aliphatic carbocycles. The van der Waals surface area contributed by atoms with Crippen molar-refractivity contribution in [3.05, 3.63) is 0 Å². The van der Waals surface area contributed by atoms with Crippen LogP contribution in [0.2, 0.25) is 0 Å². The summed E-state index contributed by atoms with van der Waals surface area (Å²) in [6, 6.07) is 0.781. The van der Waals surface area contributed by atoms with Crippen molar-refractivity contribution < 1.29 is 4.79 Å². The minimum atomic E-state index is 0.153. The van der Waals surface area contributed by atoms with E-state index in [2.05, 4.69) is 43.2 Å². The molecule has 1 aliphatic heterocycles. The van der Waals surface area contributed by atoms with Gasteiger partial charge in [-0.15, -0.1) is 0 Å². The monoisotopic (exact) mass is 241 g/mol. The van der Waals surface area contributed by atoms with E-state index < -0.39 is 0 Å². The predicted molar refractivity (Wildman–Crippen MR) is 71.0 cm³/mol. The summed E-state index contributed by atoms with van der Waals surface area (Å²) in [6.07, 6.45) is 1.15. The Bertz CT molecular complexity index is 237. The Kier molecular flexibility index (Phi) is 5.92. The molecule has 17 heavy (non-hydrogen) atoms. The predicted octanol–water partition coefficient (Wildman–Crippen LogP) is 0.831. The average molecular weight is 241 g/mol. The van der Waals surface area contributed by atoms with Gasteiger partial charge in [-0.25, -0.2) is 0 Å². The molecule has 0 aromatic heterocycles. The summed E-state index contributed by atoms with van der Waals surface area (Å²) in [7, 11) is 0. The van der Waals surface area contributed by atoms with Crippen LogP contribution in [0.3, 0.4) is 0 Å². The summed E-state index contributed by atoms with van der Waals surface area (Å²) in [5.74, 6) is 0.641. The summed E-state index contributed by atoms with van der Waals surface area (Å²) in [5.41, 5.74) is 0. The second kappa shape index (κ2) is 6.97. The third-order valence-corrected chi connectivity index (χ3v) is 3.69. The Hall–Kier alpha value is -0.610. The van der Waals surface area contributed by atoms with Crippen LogP contribution in [0.5, 0.6) is 0 Å². The molecular weight excluding hydrogens is 214 g/mol. The van der Waals surface area contributed by atoms with Crippen molar-refractivity contribution in [3.8, 4) is 0 Å². The van der Waals surface area contributed by atoms with Gasteiger partial charge >= 0.3 is 0 Å². The Morgan fingerprint density at radius 3 is 2.65 bits per heavy atom. The van der Waals surface area contributed by atoms with E-state index in [-0.39, 0.29) is 11.9 Å². The quantitative estimate of drug-likeness (QED) is 0.724. The molecule has 1 amide bonds. The minimum Gasteiger partial charge on any atom is -0.352 e. The molecule has 0 bridgehead atoms. The molecule has 1 heterocycles. The number of amides is 1. The largest absolute Gasteiger partial charge is 0.352 e. The van der Waals surface area contributed by atoms with Crippen LogP contribution in [0.1, 0.15) is 34.1 Å². The Balaban J connectivity index is 2.36. The van der Waals surface area contributed by atoms with Crippen molar-refractivity contribution in [1.82, 2.24) is 15.5 Å². The number of likely N-dealkylation sites (N-methyl/N-ethyl adjacent to an activating group) is 1. The van der Waals surface area contributed by atoms with E-state index in [0.29, 0.717) is 18.5 Å². The molecule has 0 aromatic rings. The van der Waals surface area contributed by atoms with Crippen LogP contribution in [0.15, 0.2) is 0 Å². The van der Waals surface area contributed by atoms with E-state index in [9.17, 15) is 4.79 Å². The average Bonchev–Trinajstić information content (AvgIpc) is 2.78. The van der Waals surface area contributed by atoms with Crippen molar-refractivity contribution in [1.29, 1.82) is 0 Å². The Morgan fingerprint density at radius 2 is 2.18 bits per heavy atom. The molecule has 1 aliphatic rings. The molecule has 0 radical (unpaired) electrons. The van der Waals surface area contributed by atoms with E-state index in [1.807, 2.05) is 0 Å². The van der Waals surface area contributed by atoms with Crippen molar-refractivity contribution in [2.75, 3.05) is 26.2 Å². The molecule has 1 fully saturated rings. The standard InChI is InChI=1S/C13H27N3O/c1-5-16(12-6-7-14-8-12)9-13(17)15-11(4)10(2)3/h10-12,14H,5-9H2,1-4H3,(H,15,17). The Labute approximate surface area is 105 Å².